The van der Waals surface area contributed by atoms with Crippen molar-refractivity contribution in [3.8, 4) is 11.3 Å². The molecule has 1 aromatic carbocycles. The van der Waals surface area contributed by atoms with Crippen LogP contribution in [0.3, 0.4) is 0 Å². The zero-order chi connectivity index (χ0) is 28.3. The van der Waals surface area contributed by atoms with E-state index in [-0.39, 0.29) is 16.7 Å². The number of hydrogen-bond donors (Lipinski definition) is 0. The van der Waals surface area contributed by atoms with Crippen LogP contribution in [0.15, 0.2) is 61.5 Å². The number of nitrogens with zero attached hydrogens (tertiary/aromatic N) is 2. The zero-order valence-corrected chi connectivity index (χ0v) is 25.8. The second kappa shape index (κ2) is 9.88. The van der Waals surface area contributed by atoms with Gasteiger partial charge in [-0.15, -0.1) is 0 Å². The van der Waals surface area contributed by atoms with Crippen LogP contribution >= 0.6 is 0 Å². The molecular formula is C37H48N2+2. The molecule has 0 bridgehead atoms. The van der Waals surface area contributed by atoms with Crippen molar-refractivity contribution in [1.29, 1.82) is 0 Å². The van der Waals surface area contributed by atoms with Gasteiger partial charge in [0.05, 0.1) is 5.56 Å². The lowest BCUT2D eigenvalue weighted by Crippen LogP contribution is -2.51. The smallest absolute Gasteiger partial charge is 0.194 e. The summed E-state index contributed by atoms with van der Waals surface area (Å²) >= 11 is 0. The van der Waals surface area contributed by atoms with E-state index in [0.717, 1.165) is 25.7 Å². The molecule has 0 spiro atoms. The molecule has 3 aromatic rings. The molecule has 3 unspecified atom stereocenters. The molecular weight excluding hydrogens is 472 g/mol. The normalized spacial score (nSPS) is 22.8. The Morgan fingerprint density at radius 2 is 1.74 bits per heavy atom. The van der Waals surface area contributed by atoms with Crippen molar-refractivity contribution in [1.82, 2.24) is 0 Å². The van der Waals surface area contributed by atoms with Crippen molar-refractivity contribution in [2.75, 3.05) is 0 Å². The molecule has 2 heteroatoms. The lowest BCUT2D eigenvalue weighted by atomic mass is 9.73. The molecule has 0 fully saturated rings. The summed E-state index contributed by atoms with van der Waals surface area (Å²) in [6.07, 6.45) is 14.1. The highest BCUT2D eigenvalue weighted by Crippen LogP contribution is 2.48. The predicted octanol–water partition coefficient (Wildman–Crippen LogP) is 8.58. The maximum absolute atomic E-state index is 4.93. The Labute approximate surface area is 237 Å². The molecule has 2 aliphatic heterocycles. The van der Waals surface area contributed by atoms with Gasteiger partial charge in [-0.25, -0.2) is 0 Å². The van der Waals surface area contributed by atoms with Gasteiger partial charge in [-0.05, 0) is 87.6 Å². The van der Waals surface area contributed by atoms with Crippen LogP contribution in [-0.4, -0.2) is 0 Å². The van der Waals surface area contributed by atoms with Crippen LogP contribution in [0.2, 0.25) is 0 Å². The highest BCUT2D eigenvalue weighted by molar-refractivity contribution is 5.69. The summed E-state index contributed by atoms with van der Waals surface area (Å²) in [5, 5.41) is 0. The van der Waals surface area contributed by atoms with Gasteiger partial charge in [0.15, 0.2) is 29.8 Å². The minimum Gasteiger partial charge on any atom is -0.194 e. The number of allylic oxidation sites excluding steroid dienone is 3. The molecule has 39 heavy (non-hydrogen) atoms. The molecule has 0 saturated carbocycles. The number of aromatic nitrogens is 2. The molecule has 3 atom stereocenters. The Kier molecular flexibility index (Phi) is 6.98. The maximum atomic E-state index is 4.93. The van der Waals surface area contributed by atoms with Crippen LogP contribution in [0.1, 0.15) is 105 Å². The predicted molar refractivity (Wildman–Crippen MR) is 164 cm³/mol. The van der Waals surface area contributed by atoms with Crippen molar-refractivity contribution in [3.63, 3.8) is 0 Å². The first kappa shape index (κ1) is 27.6. The monoisotopic (exact) mass is 520 g/mol. The van der Waals surface area contributed by atoms with Crippen molar-refractivity contribution >= 4 is 5.70 Å². The first-order valence-electron chi connectivity index (χ1n) is 14.9. The number of hydrogen-bond acceptors (Lipinski definition) is 0. The number of fused-ring (bicyclic) bond motifs is 7. The summed E-state index contributed by atoms with van der Waals surface area (Å²) in [6, 6.07) is 12.2. The first-order chi connectivity index (χ1) is 18.4. The van der Waals surface area contributed by atoms with E-state index in [1.807, 2.05) is 0 Å². The van der Waals surface area contributed by atoms with Gasteiger partial charge in [0, 0.05) is 36.1 Å². The van der Waals surface area contributed by atoms with Gasteiger partial charge in [0.1, 0.15) is 5.92 Å². The fourth-order valence-corrected chi connectivity index (χ4v) is 7.36. The second-order valence-electron chi connectivity index (χ2n) is 13.5. The van der Waals surface area contributed by atoms with E-state index < -0.39 is 0 Å². The second-order valence-corrected chi connectivity index (χ2v) is 13.5. The van der Waals surface area contributed by atoms with E-state index in [0.29, 0.717) is 6.04 Å². The minimum absolute atomic E-state index is 0.0619. The van der Waals surface area contributed by atoms with Crippen molar-refractivity contribution < 1.29 is 9.13 Å². The molecule has 0 N–H and O–H groups in total. The van der Waals surface area contributed by atoms with E-state index in [1.165, 1.54) is 56.0 Å². The maximum Gasteiger partial charge on any atom is 0.213 e. The topological polar surface area (TPSA) is 7.76 Å². The van der Waals surface area contributed by atoms with E-state index in [2.05, 4.69) is 126 Å². The minimum atomic E-state index is 0.0619. The van der Waals surface area contributed by atoms with Gasteiger partial charge in [0.25, 0.3) is 0 Å². The summed E-state index contributed by atoms with van der Waals surface area (Å²) in [5.41, 5.74) is 13.7. The number of rotatable bonds is 2. The average molecular weight is 521 g/mol. The lowest BCUT2D eigenvalue weighted by Gasteiger charge is -2.32. The van der Waals surface area contributed by atoms with Crippen molar-refractivity contribution in [3.05, 3.63) is 101 Å². The summed E-state index contributed by atoms with van der Waals surface area (Å²) in [5.74, 6) is 0.206. The van der Waals surface area contributed by atoms with Crippen LogP contribution < -0.4 is 9.13 Å². The van der Waals surface area contributed by atoms with Gasteiger partial charge in [-0.1, -0.05) is 57.5 Å². The van der Waals surface area contributed by atoms with Crippen LogP contribution in [0.4, 0.5) is 0 Å². The summed E-state index contributed by atoms with van der Waals surface area (Å²) in [7, 11) is 0. The van der Waals surface area contributed by atoms with E-state index >= 15 is 0 Å². The van der Waals surface area contributed by atoms with Gasteiger partial charge in [0.2, 0.25) is 5.69 Å². The van der Waals surface area contributed by atoms with Crippen LogP contribution in [0, 0.1) is 33.1 Å². The highest BCUT2D eigenvalue weighted by atomic mass is 15.1. The quantitative estimate of drug-likeness (QED) is 0.236. The molecule has 2 aliphatic rings. The third-order valence-corrected chi connectivity index (χ3v) is 9.69. The lowest BCUT2D eigenvalue weighted by molar-refractivity contribution is -0.721. The van der Waals surface area contributed by atoms with Crippen LogP contribution in [0.5, 0.6) is 0 Å². The molecule has 0 amide bonds. The van der Waals surface area contributed by atoms with Gasteiger partial charge in [-0.3, -0.25) is 0 Å². The van der Waals surface area contributed by atoms with Gasteiger partial charge < -0.3 is 0 Å². The Morgan fingerprint density at radius 1 is 1.00 bits per heavy atom. The summed E-state index contributed by atoms with van der Waals surface area (Å²) in [4.78, 5) is 0. The molecule has 2 aromatic heterocycles. The Morgan fingerprint density at radius 3 is 2.41 bits per heavy atom. The molecule has 4 heterocycles. The summed E-state index contributed by atoms with van der Waals surface area (Å²) in [6.45, 7) is 25.5. The third-order valence-electron chi connectivity index (χ3n) is 9.69. The summed E-state index contributed by atoms with van der Waals surface area (Å²) < 4.78 is 5.11. The van der Waals surface area contributed by atoms with Gasteiger partial charge >= 0.3 is 0 Å². The zero-order valence-electron chi connectivity index (χ0n) is 25.8. The fourth-order valence-electron chi connectivity index (χ4n) is 7.36. The van der Waals surface area contributed by atoms with Crippen molar-refractivity contribution in [2.45, 2.75) is 105 Å². The molecule has 0 saturated heterocycles. The molecule has 2 nitrogen and oxygen atoms in total. The SMILES string of the molecule is C=C1C2c3cc(C)ccc3-c3cc(C)c(C)c[n+]3C2CCC(C=CC)(CC)Cc2cc(C)c(C(C)(C)C)c[n+]21. The number of benzene rings is 1. The van der Waals surface area contributed by atoms with Crippen LogP contribution in [-0.2, 0) is 11.8 Å². The Balaban J connectivity index is 1.84. The third kappa shape index (κ3) is 4.71. The van der Waals surface area contributed by atoms with E-state index in [1.54, 1.807) is 0 Å². The number of aryl methyl sites for hydroxylation is 4. The van der Waals surface area contributed by atoms with E-state index in [9.17, 15) is 0 Å². The largest absolute Gasteiger partial charge is 0.213 e. The molecule has 204 valence electrons. The Hall–Kier alpha value is -3.00. The molecule has 0 aliphatic carbocycles. The van der Waals surface area contributed by atoms with Crippen LogP contribution in [0.25, 0.3) is 17.0 Å². The Bertz CT molecular complexity index is 1480. The number of pyridine rings is 2. The first-order valence-corrected chi connectivity index (χ1v) is 14.9. The molecule has 0 radical (unpaired) electrons. The highest BCUT2D eigenvalue weighted by Gasteiger charge is 2.48. The average Bonchev–Trinajstić information content (AvgIpc) is 2.91. The fraction of sp³-hybridized carbons (Fsp3) is 0.459. The van der Waals surface area contributed by atoms with Gasteiger partial charge in [-0.2, -0.15) is 9.13 Å². The van der Waals surface area contributed by atoms with E-state index in [4.69, 9.17) is 6.58 Å². The van der Waals surface area contributed by atoms with Crippen molar-refractivity contribution in [2.24, 2.45) is 5.41 Å². The standard InChI is InChI=1S/C37H48N2/c1-11-16-37(12-2)17-15-33-35(28(7)38-23-32(36(8,9)10)26(5)19-29(38)21-37)31-18-24(3)13-14-30(31)34-20-25(4)27(6)22-39(33)34/h11,13-14,16,18-20,22-23,33,35H,7,12,15,17,21H2,1-6,8-10H3/q+2. The molecule has 5 rings (SSSR count).